The van der Waals surface area contributed by atoms with Crippen molar-refractivity contribution in [1.29, 1.82) is 0 Å². The molecule has 0 spiro atoms. The average molecular weight is 283 g/mol. The van der Waals surface area contributed by atoms with Crippen molar-refractivity contribution in [3.8, 4) is 11.5 Å². The lowest BCUT2D eigenvalue weighted by Gasteiger charge is -2.29. The third-order valence-electron chi connectivity index (χ3n) is 3.85. The Kier molecular flexibility index (Phi) is 3.59. The van der Waals surface area contributed by atoms with Gasteiger partial charge in [-0.1, -0.05) is 6.07 Å². The van der Waals surface area contributed by atoms with Crippen molar-refractivity contribution in [3.63, 3.8) is 0 Å². The Hall–Kier alpha value is -0.930. The minimum absolute atomic E-state index is 0.160. The molecule has 0 aromatic heterocycles. The maximum Gasteiger partial charge on any atom is 0.161 e. The highest BCUT2D eigenvalue weighted by molar-refractivity contribution is 6.21. The molecule has 1 aromatic carbocycles. The number of benzene rings is 1. The summed E-state index contributed by atoms with van der Waals surface area (Å²) in [7, 11) is 0. The van der Waals surface area contributed by atoms with Crippen LogP contribution in [0, 0.1) is 0 Å². The Morgan fingerprint density at radius 3 is 2.63 bits per heavy atom. The first-order valence-electron chi connectivity index (χ1n) is 6.87. The van der Waals surface area contributed by atoms with Crippen molar-refractivity contribution in [2.24, 2.45) is 0 Å². The first-order valence-corrected chi connectivity index (χ1v) is 7.30. The van der Waals surface area contributed by atoms with Crippen LogP contribution in [0.3, 0.4) is 0 Å². The van der Waals surface area contributed by atoms with Crippen LogP contribution < -0.4 is 9.47 Å². The summed E-state index contributed by atoms with van der Waals surface area (Å²) >= 11 is 6.62. The van der Waals surface area contributed by atoms with Gasteiger partial charge >= 0.3 is 0 Å². The number of alkyl halides is 1. The molecule has 1 fully saturated rings. The molecule has 1 aromatic rings. The van der Waals surface area contributed by atoms with Gasteiger partial charge in [0.25, 0.3) is 0 Å². The number of ether oxygens (including phenoxy) is 3. The van der Waals surface area contributed by atoms with Gasteiger partial charge in [0.15, 0.2) is 11.5 Å². The van der Waals surface area contributed by atoms with Gasteiger partial charge in [0.1, 0.15) is 0 Å². The van der Waals surface area contributed by atoms with E-state index in [0.29, 0.717) is 13.2 Å². The molecule has 1 saturated heterocycles. The van der Waals surface area contributed by atoms with E-state index >= 15 is 0 Å². The lowest BCUT2D eigenvalue weighted by molar-refractivity contribution is 0.0164. The summed E-state index contributed by atoms with van der Waals surface area (Å²) in [6.45, 7) is 4.28. The normalized spacial score (nSPS) is 27.9. The molecule has 2 unspecified atom stereocenters. The Bertz CT molecular complexity index is 455. The molecular weight excluding hydrogens is 264 g/mol. The van der Waals surface area contributed by atoms with E-state index in [9.17, 15) is 0 Å². The van der Waals surface area contributed by atoms with E-state index in [2.05, 4.69) is 6.92 Å². The summed E-state index contributed by atoms with van der Waals surface area (Å²) in [6.07, 6.45) is 2.98. The van der Waals surface area contributed by atoms with Crippen molar-refractivity contribution in [2.45, 2.75) is 37.2 Å². The van der Waals surface area contributed by atoms with E-state index in [4.69, 9.17) is 25.8 Å². The van der Waals surface area contributed by atoms with Crippen LogP contribution in [0.2, 0.25) is 0 Å². The van der Waals surface area contributed by atoms with E-state index in [0.717, 1.165) is 42.9 Å². The van der Waals surface area contributed by atoms with Crippen LogP contribution >= 0.6 is 11.6 Å². The average Bonchev–Trinajstić information content (AvgIpc) is 2.74. The van der Waals surface area contributed by atoms with Crippen LogP contribution in [-0.2, 0) is 4.74 Å². The van der Waals surface area contributed by atoms with Crippen LogP contribution in [0.25, 0.3) is 0 Å². The lowest BCUT2D eigenvalue weighted by atomic mass is 9.93. The molecule has 2 aliphatic rings. The number of hydrogen-bond acceptors (Lipinski definition) is 3. The molecule has 0 radical (unpaired) electrons. The summed E-state index contributed by atoms with van der Waals surface area (Å²) in [5.41, 5.74) is 0.761. The fourth-order valence-electron chi connectivity index (χ4n) is 2.69. The van der Waals surface area contributed by atoms with E-state index in [1.807, 2.05) is 18.2 Å². The van der Waals surface area contributed by atoms with Gasteiger partial charge in [-0.3, -0.25) is 0 Å². The number of rotatable bonds is 2. The van der Waals surface area contributed by atoms with Crippen LogP contribution in [-0.4, -0.2) is 25.4 Å². The van der Waals surface area contributed by atoms with Crippen LogP contribution in [0.4, 0.5) is 0 Å². The second-order valence-electron chi connectivity index (χ2n) is 5.38. The topological polar surface area (TPSA) is 27.7 Å². The standard InChI is InChI=1S/C15H19ClO3/c1-15(6-2-9-19-15)14(16)11-4-5-12-13(10-11)18-8-3-7-17-12/h4-5,10,14H,2-3,6-9H2,1H3. The zero-order valence-electron chi connectivity index (χ0n) is 11.2. The Morgan fingerprint density at radius 1 is 1.11 bits per heavy atom. The maximum atomic E-state index is 6.62. The molecule has 104 valence electrons. The quantitative estimate of drug-likeness (QED) is 0.774. The van der Waals surface area contributed by atoms with E-state index in [1.54, 1.807) is 0 Å². The van der Waals surface area contributed by atoms with Crippen molar-refractivity contribution in [1.82, 2.24) is 0 Å². The SMILES string of the molecule is CC1(C(Cl)c2ccc3c(c2)OCCCO3)CCCO1. The minimum Gasteiger partial charge on any atom is -0.490 e. The largest absolute Gasteiger partial charge is 0.490 e. The second-order valence-corrected chi connectivity index (χ2v) is 5.82. The summed E-state index contributed by atoms with van der Waals surface area (Å²) in [5, 5.41) is -0.160. The van der Waals surface area contributed by atoms with E-state index < -0.39 is 0 Å². The van der Waals surface area contributed by atoms with Gasteiger partial charge in [0.05, 0.1) is 24.2 Å². The van der Waals surface area contributed by atoms with Gasteiger partial charge in [-0.15, -0.1) is 11.6 Å². The van der Waals surface area contributed by atoms with Crippen molar-refractivity contribution in [3.05, 3.63) is 23.8 Å². The maximum absolute atomic E-state index is 6.62. The van der Waals surface area contributed by atoms with Crippen LogP contribution in [0.5, 0.6) is 11.5 Å². The third kappa shape index (κ3) is 2.54. The summed E-state index contributed by atoms with van der Waals surface area (Å²) in [5.74, 6) is 1.60. The molecule has 0 N–H and O–H groups in total. The van der Waals surface area contributed by atoms with E-state index in [-0.39, 0.29) is 11.0 Å². The second kappa shape index (κ2) is 5.22. The zero-order chi connectivity index (χ0) is 13.3. The molecule has 2 aliphatic heterocycles. The molecule has 0 aliphatic carbocycles. The monoisotopic (exact) mass is 282 g/mol. The van der Waals surface area contributed by atoms with Gasteiger partial charge in [-0.05, 0) is 37.5 Å². The highest BCUT2D eigenvalue weighted by Gasteiger charge is 2.38. The van der Waals surface area contributed by atoms with Crippen LogP contribution in [0.15, 0.2) is 18.2 Å². The summed E-state index contributed by atoms with van der Waals surface area (Å²) in [6, 6.07) is 5.95. The van der Waals surface area contributed by atoms with Crippen molar-refractivity contribution >= 4 is 11.6 Å². The van der Waals surface area contributed by atoms with Gasteiger partial charge in [0, 0.05) is 13.0 Å². The minimum atomic E-state index is -0.276. The van der Waals surface area contributed by atoms with Crippen molar-refractivity contribution < 1.29 is 14.2 Å². The molecule has 4 heteroatoms. The molecule has 0 amide bonds. The molecule has 3 nitrogen and oxygen atoms in total. The van der Waals surface area contributed by atoms with Gasteiger partial charge in [-0.25, -0.2) is 0 Å². The zero-order valence-corrected chi connectivity index (χ0v) is 11.9. The molecule has 2 atom stereocenters. The Labute approximate surface area is 118 Å². The predicted octanol–water partition coefficient (Wildman–Crippen LogP) is 3.70. The summed E-state index contributed by atoms with van der Waals surface area (Å²) < 4.78 is 17.2. The number of halogens is 1. The summed E-state index contributed by atoms with van der Waals surface area (Å²) in [4.78, 5) is 0. The van der Waals surface area contributed by atoms with Crippen LogP contribution in [0.1, 0.15) is 37.1 Å². The Balaban J connectivity index is 1.87. The Morgan fingerprint density at radius 2 is 1.89 bits per heavy atom. The van der Waals surface area contributed by atoms with Gasteiger partial charge in [-0.2, -0.15) is 0 Å². The highest BCUT2D eigenvalue weighted by Crippen LogP contribution is 2.44. The first-order chi connectivity index (χ1) is 9.19. The molecular formula is C15H19ClO3. The molecule has 0 bridgehead atoms. The molecule has 0 saturated carbocycles. The fraction of sp³-hybridized carbons (Fsp3) is 0.600. The van der Waals surface area contributed by atoms with E-state index in [1.165, 1.54) is 0 Å². The third-order valence-corrected chi connectivity index (χ3v) is 4.56. The molecule has 3 rings (SSSR count). The molecule has 19 heavy (non-hydrogen) atoms. The van der Waals surface area contributed by atoms with Gasteiger partial charge in [0.2, 0.25) is 0 Å². The van der Waals surface area contributed by atoms with Gasteiger partial charge < -0.3 is 14.2 Å². The first kappa shape index (κ1) is 13.1. The highest BCUT2D eigenvalue weighted by atomic mass is 35.5. The predicted molar refractivity (Wildman–Crippen MR) is 74.2 cm³/mol. The fourth-order valence-corrected chi connectivity index (χ4v) is 3.00. The smallest absolute Gasteiger partial charge is 0.161 e. The number of fused-ring (bicyclic) bond motifs is 1. The van der Waals surface area contributed by atoms with Crippen molar-refractivity contribution in [2.75, 3.05) is 19.8 Å². The number of hydrogen-bond donors (Lipinski definition) is 0. The molecule has 2 heterocycles. The lowest BCUT2D eigenvalue weighted by Crippen LogP contribution is -2.28.